The minimum absolute atomic E-state index is 1.01. The topological polar surface area (TPSA) is 15.6 Å². The van der Waals surface area contributed by atoms with Crippen LogP contribution in [0.1, 0.15) is 25.7 Å². The molecule has 2 nitrogen and oxygen atoms in total. The Bertz CT molecular complexity index is 466. The molecule has 2 heterocycles. The van der Waals surface area contributed by atoms with Crippen molar-refractivity contribution in [3.05, 3.63) is 46.4 Å². The van der Waals surface area contributed by atoms with Crippen LogP contribution in [0.15, 0.2) is 51.4 Å². The fraction of sp³-hybridized carbons (Fsp3) is 0.308. The Balaban J connectivity index is 2.01. The largest absolute Gasteiger partial charge is 0.308 e. The standard InChI is InChI=1S/C13H13BrN2/c14-11-6-7-16-9-10-4-2-1-3-5-12(10)15-13(16)8-11/h5-9H,1-4H2. The maximum Gasteiger partial charge on any atom is 0.138 e. The van der Waals surface area contributed by atoms with Crippen molar-refractivity contribution in [1.82, 2.24) is 4.90 Å². The summed E-state index contributed by atoms with van der Waals surface area (Å²) < 4.78 is 1.08. The molecule has 0 fully saturated rings. The summed E-state index contributed by atoms with van der Waals surface area (Å²) >= 11 is 3.48. The average molecular weight is 277 g/mol. The van der Waals surface area contributed by atoms with E-state index in [1.54, 1.807) is 0 Å². The Hall–Kier alpha value is -1.09. The lowest BCUT2D eigenvalue weighted by Gasteiger charge is -2.25. The van der Waals surface area contributed by atoms with Gasteiger partial charge in [0.05, 0.1) is 5.70 Å². The minimum atomic E-state index is 1.01. The molecule has 3 heteroatoms. The Morgan fingerprint density at radius 2 is 2.25 bits per heavy atom. The first-order chi connectivity index (χ1) is 7.83. The molecule has 0 spiro atoms. The van der Waals surface area contributed by atoms with Gasteiger partial charge in [0.25, 0.3) is 0 Å². The zero-order valence-corrected chi connectivity index (χ0v) is 10.6. The first-order valence-corrected chi connectivity index (χ1v) is 6.46. The highest BCUT2D eigenvalue weighted by molar-refractivity contribution is 9.11. The van der Waals surface area contributed by atoms with Crippen LogP contribution in [0.2, 0.25) is 0 Å². The molecule has 0 radical (unpaired) electrons. The van der Waals surface area contributed by atoms with E-state index in [2.05, 4.69) is 45.4 Å². The monoisotopic (exact) mass is 276 g/mol. The zero-order chi connectivity index (χ0) is 11.0. The molecule has 0 amide bonds. The predicted molar refractivity (Wildman–Crippen MR) is 70.1 cm³/mol. The first-order valence-electron chi connectivity index (χ1n) is 5.66. The molecule has 0 saturated carbocycles. The first kappa shape index (κ1) is 10.1. The zero-order valence-electron chi connectivity index (χ0n) is 8.99. The van der Waals surface area contributed by atoms with Crippen molar-refractivity contribution in [2.24, 2.45) is 4.99 Å². The van der Waals surface area contributed by atoms with E-state index >= 15 is 0 Å². The van der Waals surface area contributed by atoms with Gasteiger partial charge in [-0.3, -0.25) is 0 Å². The summed E-state index contributed by atoms with van der Waals surface area (Å²) in [7, 11) is 0. The molecule has 0 bridgehead atoms. The van der Waals surface area contributed by atoms with Crippen molar-refractivity contribution in [3.63, 3.8) is 0 Å². The summed E-state index contributed by atoms with van der Waals surface area (Å²) in [5, 5.41) is 0. The third kappa shape index (κ3) is 1.80. The van der Waals surface area contributed by atoms with Crippen molar-refractivity contribution >= 4 is 21.8 Å². The van der Waals surface area contributed by atoms with E-state index in [-0.39, 0.29) is 0 Å². The molecular formula is C13H13BrN2. The van der Waals surface area contributed by atoms with Crippen LogP contribution in [-0.4, -0.2) is 10.7 Å². The number of amidine groups is 1. The highest BCUT2D eigenvalue weighted by Gasteiger charge is 2.19. The summed E-state index contributed by atoms with van der Waals surface area (Å²) in [5.41, 5.74) is 2.55. The molecule has 0 unspecified atom stereocenters. The van der Waals surface area contributed by atoms with E-state index in [4.69, 9.17) is 4.99 Å². The van der Waals surface area contributed by atoms with Crippen LogP contribution in [0.5, 0.6) is 0 Å². The number of aliphatic imine (C=N–C) groups is 1. The molecule has 0 N–H and O–H groups in total. The van der Waals surface area contributed by atoms with Gasteiger partial charge in [0.2, 0.25) is 0 Å². The lowest BCUT2D eigenvalue weighted by Crippen LogP contribution is -2.24. The molecule has 16 heavy (non-hydrogen) atoms. The van der Waals surface area contributed by atoms with Crippen molar-refractivity contribution in [2.45, 2.75) is 25.7 Å². The van der Waals surface area contributed by atoms with Gasteiger partial charge in [-0.15, -0.1) is 0 Å². The van der Waals surface area contributed by atoms with Crippen molar-refractivity contribution in [2.75, 3.05) is 0 Å². The van der Waals surface area contributed by atoms with Gasteiger partial charge in [-0.25, -0.2) is 4.99 Å². The second kappa shape index (κ2) is 4.06. The SMILES string of the molecule is BrC1=CC2=NC3=CCCCCC3=CN2C=C1. The van der Waals surface area contributed by atoms with Crippen LogP contribution in [0.25, 0.3) is 0 Å². The fourth-order valence-corrected chi connectivity index (χ4v) is 2.49. The Morgan fingerprint density at radius 1 is 1.31 bits per heavy atom. The normalized spacial score (nSPS) is 23.4. The Kier molecular flexibility index (Phi) is 2.56. The number of rotatable bonds is 0. The highest BCUT2D eigenvalue weighted by atomic mass is 79.9. The van der Waals surface area contributed by atoms with Crippen molar-refractivity contribution in [1.29, 1.82) is 0 Å². The van der Waals surface area contributed by atoms with Gasteiger partial charge in [-0.05, 0) is 43.4 Å². The van der Waals surface area contributed by atoms with Crippen LogP contribution in [0.4, 0.5) is 0 Å². The van der Waals surface area contributed by atoms with Crippen LogP contribution < -0.4 is 0 Å². The quantitative estimate of drug-likeness (QED) is 0.656. The smallest absolute Gasteiger partial charge is 0.138 e. The minimum Gasteiger partial charge on any atom is -0.308 e. The molecule has 0 aromatic rings. The number of nitrogens with zero attached hydrogens (tertiary/aromatic N) is 2. The van der Waals surface area contributed by atoms with Crippen LogP contribution in [0.3, 0.4) is 0 Å². The van der Waals surface area contributed by atoms with E-state index in [0.29, 0.717) is 0 Å². The van der Waals surface area contributed by atoms with Gasteiger partial charge in [0, 0.05) is 16.9 Å². The second-order valence-electron chi connectivity index (χ2n) is 4.21. The van der Waals surface area contributed by atoms with Gasteiger partial charge in [0.15, 0.2) is 0 Å². The summed E-state index contributed by atoms with van der Waals surface area (Å²) in [6.45, 7) is 0. The number of fused-ring (bicyclic) bond motifs is 2. The lowest BCUT2D eigenvalue weighted by molar-refractivity contribution is 0.707. The average Bonchev–Trinajstić information content (AvgIpc) is 2.50. The van der Waals surface area contributed by atoms with Crippen LogP contribution in [-0.2, 0) is 0 Å². The maximum atomic E-state index is 4.71. The number of halogens is 1. The number of hydrogen-bond donors (Lipinski definition) is 0. The Morgan fingerprint density at radius 3 is 3.19 bits per heavy atom. The van der Waals surface area contributed by atoms with E-state index in [0.717, 1.165) is 23.2 Å². The fourth-order valence-electron chi connectivity index (χ4n) is 2.17. The van der Waals surface area contributed by atoms with Gasteiger partial charge in [-0.1, -0.05) is 22.0 Å². The van der Waals surface area contributed by atoms with Crippen LogP contribution >= 0.6 is 15.9 Å². The van der Waals surface area contributed by atoms with Crippen LogP contribution in [0, 0.1) is 0 Å². The van der Waals surface area contributed by atoms with Gasteiger partial charge in [0.1, 0.15) is 5.84 Å². The van der Waals surface area contributed by atoms with E-state index < -0.39 is 0 Å². The molecule has 3 rings (SSSR count). The molecule has 0 atom stereocenters. The molecule has 0 aromatic carbocycles. The van der Waals surface area contributed by atoms with Gasteiger partial charge >= 0.3 is 0 Å². The van der Waals surface area contributed by atoms with E-state index in [9.17, 15) is 0 Å². The molecule has 1 aliphatic carbocycles. The lowest BCUT2D eigenvalue weighted by atomic mass is 10.1. The predicted octanol–water partition coefficient (Wildman–Crippen LogP) is 3.85. The molecule has 82 valence electrons. The number of allylic oxidation sites excluding steroid dienone is 4. The van der Waals surface area contributed by atoms with Crippen molar-refractivity contribution < 1.29 is 0 Å². The Labute approximate surface area is 104 Å². The van der Waals surface area contributed by atoms with Crippen molar-refractivity contribution in [3.8, 4) is 0 Å². The number of hydrogen-bond acceptors (Lipinski definition) is 2. The second-order valence-corrected chi connectivity index (χ2v) is 5.13. The van der Waals surface area contributed by atoms with Gasteiger partial charge < -0.3 is 4.90 Å². The molecule has 2 aliphatic heterocycles. The molecule has 0 saturated heterocycles. The highest BCUT2D eigenvalue weighted by Crippen LogP contribution is 2.30. The third-order valence-corrected chi connectivity index (χ3v) is 3.52. The molecule has 0 aromatic heterocycles. The summed E-state index contributed by atoms with van der Waals surface area (Å²) in [6.07, 6.45) is 15.5. The summed E-state index contributed by atoms with van der Waals surface area (Å²) in [6, 6.07) is 0. The molecule has 3 aliphatic rings. The van der Waals surface area contributed by atoms with E-state index in [1.165, 1.54) is 24.1 Å². The maximum absolute atomic E-state index is 4.71. The summed E-state index contributed by atoms with van der Waals surface area (Å²) in [4.78, 5) is 6.81. The third-order valence-electron chi connectivity index (χ3n) is 3.02. The van der Waals surface area contributed by atoms with E-state index in [1.807, 2.05) is 6.08 Å². The molecular weight excluding hydrogens is 264 g/mol. The van der Waals surface area contributed by atoms with Gasteiger partial charge in [-0.2, -0.15) is 0 Å². The summed E-state index contributed by atoms with van der Waals surface area (Å²) in [5.74, 6) is 1.01.